The molecule has 1 aromatic rings. The van der Waals surface area contributed by atoms with Crippen molar-refractivity contribution >= 4 is 23.5 Å². The number of urea groups is 1. The molecule has 0 unspecified atom stereocenters. The molecule has 0 aliphatic heterocycles. The van der Waals surface area contributed by atoms with Crippen LogP contribution in [-0.2, 0) is 0 Å². The van der Waals surface area contributed by atoms with E-state index in [0.29, 0.717) is 35.2 Å². The second kappa shape index (κ2) is 8.19. The van der Waals surface area contributed by atoms with Gasteiger partial charge in [0.15, 0.2) is 0 Å². The van der Waals surface area contributed by atoms with Gasteiger partial charge in [-0.1, -0.05) is 31.7 Å². The van der Waals surface area contributed by atoms with Crippen molar-refractivity contribution in [3.8, 4) is 0 Å². The minimum Gasteiger partial charge on any atom is -0.394 e. The lowest BCUT2D eigenvalue weighted by Crippen LogP contribution is -2.52. The highest BCUT2D eigenvalue weighted by molar-refractivity contribution is 7.99. The molecule has 21 heavy (non-hydrogen) atoms. The maximum atomic E-state index is 12.3. The molecular formula is C14H20F2N2O2S. The Morgan fingerprint density at radius 3 is 2.57 bits per heavy atom. The number of rotatable bonds is 7. The van der Waals surface area contributed by atoms with Crippen LogP contribution in [0, 0.1) is 0 Å². The van der Waals surface area contributed by atoms with E-state index < -0.39 is 17.3 Å². The lowest BCUT2D eigenvalue weighted by molar-refractivity contribution is 0.155. The molecule has 1 rings (SSSR count). The van der Waals surface area contributed by atoms with E-state index in [1.54, 1.807) is 18.2 Å². The molecule has 0 bridgehead atoms. The first-order valence-electron chi connectivity index (χ1n) is 6.69. The van der Waals surface area contributed by atoms with E-state index in [1.165, 1.54) is 6.07 Å². The molecule has 4 nitrogen and oxygen atoms in total. The van der Waals surface area contributed by atoms with Gasteiger partial charge in [-0.2, -0.15) is 8.78 Å². The third-order valence-corrected chi connectivity index (χ3v) is 4.06. The van der Waals surface area contributed by atoms with Crippen LogP contribution in [0.4, 0.5) is 19.3 Å². The van der Waals surface area contributed by atoms with Gasteiger partial charge in [0, 0.05) is 10.6 Å². The van der Waals surface area contributed by atoms with Gasteiger partial charge in [-0.3, -0.25) is 0 Å². The van der Waals surface area contributed by atoms with Crippen LogP contribution >= 0.6 is 11.8 Å². The van der Waals surface area contributed by atoms with Crippen molar-refractivity contribution in [2.45, 2.75) is 42.9 Å². The number of aliphatic hydroxyl groups is 1. The van der Waals surface area contributed by atoms with Crippen LogP contribution in [0.25, 0.3) is 0 Å². The largest absolute Gasteiger partial charge is 0.394 e. The number of anilines is 1. The summed E-state index contributed by atoms with van der Waals surface area (Å²) in [5.74, 6) is -2.50. The minimum absolute atomic E-state index is 0.158. The number of hydrogen-bond donors (Lipinski definition) is 3. The standard InChI is InChI=1S/C14H20F2N2O2S/c1-3-14(4-2,9-19)18-13(20)17-10-6-5-7-11(8-10)21-12(15)16/h5-8,12,19H,3-4,9H2,1-2H3,(H2,17,18,20). The summed E-state index contributed by atoms with van der Waals surface area (Å²) >= 11 is 0.421. The second-order valence-electron chi connectivity index (χ2n) is 4.63. The zero-order chi connectivity index (χ0) is 15.9. The summed E-state index contributed by atoms with van der Waals surface area (Å²) in [5, 5.41) is 14.7. The molecule has 2 amide bonds. The maximum absolute atomic E-state index is 12.3. The number of thioether (sulfide) groups is 1. The first-order chi connectivity index (χ1) is 9.94. The zero-order valence-corrected chi connectivity index (χ0v) is 12.8. The normalized spacial score (nSPS) is 11.5. The number of amides is 2. The van der Waals surface area contributed by atoms with Gasteiger partial charge >= 0.3 is 6.03 Å². The van der Waals surface area contributed by atoms with Crippen LogP contribution in [0.15, 0.2) is 29.2 Å². The van der Waals surface area contributed by atoms with Crippen LogP contribution in [0.3, 0.4) is 0 Å². The van der Waals surface area contributed by atoms with Crippen LogP contribution in [-0.4, -0.2) is 29.0 Å². The smallest absolute Gasteiger partial charge is 0.319 e. The zero-order valence-electron chi connectivity index (χ0n) is 12.0. The van der Waals surface area contributed by atoms with E-state index in [0.717, 1.165) is 0 Å². The molecule has 118 valence electrons. The summed E-state index contributed by atoms with van der Waals surface area (Å²) < 4.78 is 24.6. The SMILES string of the molecule is CCC(CC)(CO)NC(=O)Nc1cccc(SC(F)F)c1. The number of halogens is 2. The van der Waals surface area contributed by atoms with Crippen molar-refractivity contribution in [3.63, 3.8) is 0 Å². The molecule has 0 aromatic heterocycles. The Balaban J connectivity index is 2.70. The van der Waals surface area contributed by atoms with E-state index in [2.05, 4.69) is 10.6 Å². The molecule has 0 atom stereocenters. The van der Waals surface area contributed by atoms with Gasteiger partial charge in [-0.15, -0.1) is 0 Å². The van der Waals surface area contributed by atoms with Crippen molar-refractivity contribution in [2.75, 3.05) is 11.9 Å². The Kier molecular flexibility index (Phi) is 6.91. The van der Waals surface area contributed by atoms with Crippen LogP contribution < -0.4 is 10.6 Å². The molecule has 7 heteroatoms. The van der Waals surface area contributed by atoms with Crippen molar-refractivity contribution in [3.05, 3.63) is 24.3 Å². The topological polar surface area (TPSA) is 61.4 Å². The summed E-state index contributed by atoms with van der Waals surface area (Å²) in [6.07, 6.45) is 1.18. The summed E-state index contributed by atoms with van der Waals surface area (Å²) in [5.41, 5.74) is -0.239. The lowest BCUT2D eigenvalue weighted by atomic mass is 9.94. The van der Waals surface area contributed by atoms with E-state index in [1.807, 2.05) is 13.8 Å². The van der Waals surface area contributed by atoms with E-state index in [-0.39, 0.29) is 6.61 Å². The molecule has 0 radical (unpaired) electrons. The molecule has 0 spiro atoms. The fourth-order valence-corrected chi connectivity index (χ4v) is 2.40. The third-order valence-electron chi connectivity index (χ3n) is 3.35. The van der Waals surface area contributed by atoms with E-state index >= 15 is 0 Å². The van der Waals surface area contributed by atoms with Gasteiger partial charge in [0.25, 0.3) is 5.76 Å². The van der Waals surface area contributed by atoms with Gasteiger partial charge in [0.1, 0.15) is 0 Å². The fraction of sp³-hybridized carbons (Fsp3) is 0.500. The van der Waals surface area contributed by atoms with Gasteiger partial charge in [0.2, 0.25) is 0 Å². The monoisotopic (exact) mass is 318 g/mol. The van der Waals surface area contributed by atoms with E-state index in [9.17, 15) is 18.7 Å². The van der Waals surface area contributed by atoms with Crippen molar-refractivity contribution in [1.82, 2.24) is 5.32 Å². The molecular weight excluding hydrogens is 298 g/mol. The predicted octanol–water partition coefficient (Wildman–Crippen LogP) is 3.67. The van der Waals surface area contributed by atoms with Crippen LogP contribution in [0.2, 0.25) is 0 Å². The van der Waals surface area contributed by atoms with Gasteiger partial charge in [-0.25, -0.2) is 4.79 Å². The molecule has 0 heterocycles. The molecule has 0 aliphatic carbocycles. The van der Waals surface area contributed by atoms with Gasteiger partial charge in [-0.05, 0) is 31.0 Å². The molecule has 1 aromatic carbocycles. The number of carbonyl (C=O) groups excluding carboxylic acids is 1. The Labute approximate surface area is 127 Å². The predicted molar refractivity (Wildman–Crippen MR) is 80.9 cm³/mol. The van der Waals surface area contributed by atoms with Crippen molar-refractivity contribution in [1.29, 1.82) is 0 Å². The number of alkyl halides is 2. The number of benzene rings is 1. The molecule has 0 saturated heterocycles. The van der Waals surface area contributed by atoms with Gasteiger partial charge < -0.3 is 15.7 Å². The summed E-state index contributed by atoms with van der Waals surface area (Å²) in [7, 11) is 0. The highest BCUT2D eigenvalue weighted by atomic mass is 32.2. The Hall–Kier alpha value is -1.34. The molecule has 0 saturated carbocycles. The van der Waals surface area contributed by atoms with Crippen LogP contribution in [0.1, 0.15) is 26.7 Å². The fourth-order valence-electron chi connectivity index (χ4n) is 1.84. The summed E-state index contributed by atoms with van der Waals surface area (Å²) in [6.45, 7) is 3.59. The third kappa shape index (κ3) is 5.51. The summed E-state index contributed by atoms with van der Waals surface area (Å²) in [6, 6.07) is 5.78. The Bertz CT molecular complexity index is 460. The highest BCUT2D eigenvalue weighted by Crippen LogP contribution is 2.27. The molecule has 0 fully saturated rings. The maximum Gasteiger partial charge on any atom is 0.319 e. The lowest BCUT2D eigenvalue weighted by Gasteiger charge is -2.30. The average molecular weight is 318 g/mol. The molecule has 3 N–H and O–H groups in total. The van der Waals surface area contributed by atoms with Gasteiger partial charge in [0.05, 0.1) is 12.1 Å². The highest BCUT2D eigenvalue weighted by Gasteiger charge is 2.27. The second-order valence-corrected chi connectivity index (χ2v) is 5.69. The van der Waals surface area contributed by atoms with Crippen molar-refractivity contribution in [2.24, 2.45) is 0 Å². The number of carbonyl (C=O) groups is 1. The first-order valence-corrected chi connectivity index (χ1v) is 7.57. The minimum atomic E-state index is -2.50. The average Bonchev–Trinajstić information content (AvgIpc) is 2.44. The van der Waals surface area contributed by atoms with E-state index in [4.69, 9.17) is 0 Å². The Morgan fingerprint density at radius 2 is 2.05 bits per heavy atom. The van der Waals surface area contributed by atoms with Crippen molar-refractivity contribution < 1.29 is 18.7 Å². The summed E-state index contributed by atoms with van der Waals surface area (Å²) in [4.78, 5) is 12.3. The number of hydrogen-bond acceptors (Lipinski definition) is 3. The number of aliphatic hydroxyl groups excluding tert-OH is 1. The van der Waals surface area contributed by atoms with Crippen LogP contribution in [0.5, 0.6) is 0 Å². The quantitative estimate of drug-likeness (QED) is 0.672. The first kappa shape index (κ1) is 17.7. The Morgan fingerprint density at radius 1 is 1.38 bits per heavy atom. The molecule has 0 aliphatic rings. The number of nitrogens with one attached hydrogen (secondary N) is 2.